The van der Waals surface area contributed by atoms with Crippen molar-refractivity contribution in [3.05, 3.63) is 55.0 Å². The predicted molar refractivity (Wildman–Crippen MR) is 134 cm³/mol. The summed E-state index contributed by atoms with van der Waals surface area (Å²) in [7, 11) is 1.52. The molecule has 0 bridgehead atoms. The number of nitrogens with zero attached hydrogens (tertiary/aromatic N) is 5. The molecule has 4 aromatic rings. The van der Waals surface area contributed by atoms with Gasteiger partial charge in [-0.15, -0.1) is 0 Å². The van der Waals surface area contributed by atoms with Gasteiger partial charge in [0.05, 0.1) is 56.2 Å². The summed E-state index contributed by atoms with van der Waals surface area (Å²) < 4.78 is 40.3. The molecule has 2 heterocycles. The van der Waals surface area contributed by atoms with E-state index in [4.69, 9.17) is 18.6 Å². The molecule has 0 fully saturated rings. The Morgan fingerprint density at radius 3 is 2.34 bits per heavy atom. The number of fused-ring (bicyclic) bond motifs is 1. The zero-order valence-corrected chi connectivity index (χ0v) is 20.8. The van der Waals surface area contributed by atoms with Crippen molar-refractivity contribution in [2.45, 2.75) is 6.42 Å². The topological polar surface area (TPSA) is 109 Å². The lowest BCUT2D eigenvalue weighted by atomic mass is 10.2. The third-order valence-corrected chi connectivity index (χ3v) is 5.90. The Balaban J connectivity index is 1.73. The van der Waals surface area contributed by atoms with Gasteiger partial charge in [-0.2, -0.15) is 13.5 Å². The lowest BCUT2D eigenvalue weighted by Gasteiger charge is -2.26. The number of ether oxygens (including phenoxy) is 2. The van der Waals surface area contributed by atoms with Gasteiger partial charge in [0.15, 0.2) is 0 Å². The zero-order chi connectivity index (χ0) is 25.0. The summed E-state index contributed by atoms with van der Waals surface area (Å²) >= 11 is 0. The van der Waals surface area contributed by atoms with Crippen LogP contribution in [0.25, 0.3) is 22.3 Å². The van der Waals surface area contributed by atoms with E-state index in [1.54, 1.807) is 37.4 Å². The summed E-state index contributed by atoms with van der Waals surface area (Å²) in [6.07, 6.45) is 6.87. The largest absolute Gasteiger partial charge is 0.497 e. The number of methoxy groups -OCH3 is 2. The zero-order valence-electron chi connectivity index (χ0n) is 20.0. The van der Waals surface area contributed by atoms with Crippen molar-refractivity contribution in [3.63, 3.8) is 0 Å². The second-order valence-corrected chi connectivity index (χ2v) is 9.58. The summed E-state index contributed by atoms with van der Waals surface area (Å²) in [6.45, 7) is 0.544. The van der Waals surface area contributed by atoms with Gasteiger partial charge >= 0.3 is 0 Å². The van der Waals surface area contributed by atoms with E-state index in [-0.39, 0.29) is 6.61 Å². The van der Waals surface area contributed by atoms with Crippen LogP contribution in [0.4, 0.5) is 11.4 Å². The van der Waals surface area contributed by atoms with Gasteiger partial charge in [0.25, 0.3) is 10.1 Å². The van der Waals surface area contributed by atoms with Crippen molar-refractivity contribution >= 4 is 32.5 Å². The number of benzene rings is 2. The molecular formula is C24H27N5O5S. The Kier molecular flexibility index (Phi) is 7.17. The van der Waals surface area contributed by atoms with Crippen LogP contribution in [0, 0.1) is 0 Å². The van der Waals surface area contributed by atoms with Gasteiger partial charge in [-0.3, -0.25) is 13.8 Å². The molecule has 0 aliphatic heterocycles. The van der Waals surface area contributed by atoms with Crippen LogP contribution in [0.15, 0.2) is 55.0 Å². The summed E-state index contributed by atoms with van der Waals surface area (Å²) in [5, 5.41) is 4.21. The molecule has 11 heteroatoms. The SMILES string of the molecule is COc1cc(OC)cc(N(CCCOS(C)(=O)=O)c2ccc3ncc(-c4cnn(C)c4)nc3c2)c1. The monoisotopic (exact) mass is 497 g/mol. The molecule has 0 saturated heterocycles. The molecule has 0 saturated carbocycles. The van der Waals surface area contributed by atoms with E-state index in [0.29, 0.717) is 24.5 Å². The minimum atomic E-state index is -3.51. The molecule has 35 heavy (non-hydrogen) atoms. The van der Waals surface area contributed by atoms with Gasteiger partial charge < -0.3 is 14.4 Å². The molecule has 10 nitrogen and oxygen atoms in total. The van der Waals surface area contributed by atoms with E-state index in [1.165, 1.54) is 0 Å². The number of anilines is 2. The quantitative estimate of drug-likeness (QED) is 0.240. The highest BCUT2D eigenvalue weighted by molar-refractivity contribution is 7.85. The smallest absolute Gasteiger partial charge is 0.264 e. The number of rotatable bonds is 10. The molecule has 2 aromatic carbocycles. The Bertz CT molecular complexity index is 1420. The first-order valence-electron chi connectivity index (χ1n) is 10.9. The minimum Gasteiger partial charge on any atom is -0.497 e. The third-order valence-electron chi connectivity index (χ3n) is 5.31. The van der Waals surface area contributed by atoms with Crippen LogP contribution < -0.4 is 14.4 Å². The molecule has 0 spiro atoms. The van der Waals surface area contributed by atoms with Crippen molar-refractivity contribution in [1.29, 1.82) is 0 Å². The van der Waals surface area contributed by atoms with Gasteiger partial charge in [0.1, 0.15) is 11.5 Å². The molecule has 0 aliphatic carbocycles. The third kappa shape index (κ3) is 6.06. The summed E-state index contributed by atoms with van der Waals surface area (Å²) in [5.41, 5.74) is 4.74. The number of aryl methyl sites for hydroxylation is 1. The van der Waals surface area contributed by atoms with Gasteiger partial charge in [-0.05, 0) is 24.6 Å². The van der Waals surface area contributed by atoms with Crippen molar-refractivity contribution in [3.8, 4) is 22.8 Å². The van der Waals surface area contributed by atoms with E-state index >= 15 is 0 Å². The second-order valence-electron chi connectivity index (χ2n) is 7.93. The Hall–Kier alpha value is -3.70. The van der Waals surface area contributed by atoms with Crippen molar-refractivity contribution in [2.24, 2.45) is 7.05 Å². The fraction of sp³-hybridized carbons (Fsp3) is 0.292. The first kappa shape index (κ1) is 24.4. The molecule has 184 valence electrons. The van der Waals surface area contributed by atoms with Crippen LogP contribution in [0.3, 0.4) is 0 Å². The van der Waals surface area contributed by atoms with Crippen molar-refractivity contribution in [2.75, 3.05) is 38.5 Å². The predicted octanol–water partition coefficient (Wildman–Crippen LogP) is 3.55. The average Bonchev–Trinajstić information content (AvgIpc) is 3.28. The van der Waals surface area contributed by atoms with Crippen LogP contribution in [-0.2, 0) is 21.3 Å². The van der Waals surface area contributed by atoms with Crippen LogP contribution >= 0.6 is 0 Å². The van der Waals surface area contributed by atoms with E-state index in [0.717, 1.165) is 39.9 Å². The maximum Gasteiger partial charge on any atom is 0.264 e. The van der Waals surface area contributed by atoms with Crippen LogP contribution in [-0.4, -0.2) is 61.8 Å². The van der Waals surface area contributed by atoms with Gasteiger partial charge in [0.2, 0.25) is 0 Å². The van der Waals surface area contributed by atoms with Crippen molar-refractivity contribution < 1.29 is 22.1 Å². The number of hydrogen-bond acceptors (Lipinski definition) is 9. The summed E-state index contributed by atoms with van der Waals surface area (Å²) in [4.78, 5) is 11.4. The average molecular weight is 498 g/mol. The van der Waals surface area contributed by atoms with Crippen LogP contribution in [0.5, 0.6) is 11.5 Å². The molecule has 0 amide bonds. The van der Waals surface area contributed by atoms with E-state index in [1.807, 2.05) is 48.5 Å². The molecule has 2 aromatic heterocycles. The molecule has 4 rings (SSSR count). The van der Waals surface area contributed by atoms with Gasteiger partial charge in [-0.1, -0.05) is 0 Å². The highest BCUT2D eigenvalue weighted by Crippen LogP contribution is 2.34. The molecule has 0 N–H and O–H groups in total. The highest BCUT2D eigenvalue weighted by atomic mass is 32.2. The first-order valence-corrected chi connectivity index (χ1v) is 12.7. The standard InChI is InChI=1S/C24H27N5O5S/c1-28-16-17(14-26-28)24-15-25-22-7-6-18(12-23(22)27-24)29(8-5-9-34-35(4,30)31)19-10-20(32-2)13-21(11-19)33-3/h6-7,10-16H,5,8-9H2,1-4H3. The van der Waals surface area contributed by atoms with Crippen molar-refractivity contribution in [1.82, 2.24) is 19.7 Å². The fourth-order valence-corrected chi connectivity index (χ4v) is 4.07. The lowest BCUT2D eigenvalue weighted by molar-refractivity contribution is 0.318. The molecular weight excluding hydrogens is 470 g/mol. The van der Waals surface area contributed by atoms with E-state index in [2.05, 4.69) is 10.1 Å². The highest BCUT2D eigenvalue weighted by Gasteiger charge is 2.15. The second kappa shape index (κ2) is 10.3. The fourth-order valence-electron chi connectivity index (χ4n) is 3.65. The molecule has 0 aliphatic rings. The van der Waals surface area contributed by atoms with Crippen LogP contribution in [0.2, 0.25) is 0 Å². The van der Waals surface area contributed by atoms with E-state index in [9.17, 15) is 8.42 Å². The minimum absolute atomic E-state index is 0.0645. The summed E-state index contributed by atoms with van der Waals surface area (Å²) in [6, 6.07) is 11.4. The lowest BCUT2D eigenvalue weighted by Crippen LogP contribution is -2.20. The maximum atomic E-state index is 11.4. The van der Waals surface area contributed by atoms with E-state index < -0.39 is 10.1 Å². The number of hydrogen-bond donors (Lipinski definition) is 0. The summed E-state index contributed by atoms with van der Waals surface area (Å²) in [5.74, 6) is 1.27. The molecule has 0 atom stereocenters. The molecule has 0 radical (unpaired) electrons. The Morgan fingerprint density at radius 2 is 1.71 bits per heavy atom. The maximum absolute atomic E-state index is 11.4. The first-order chi connectivity index (χ1) is 16.8. The molecule has 0 unspecified atom stereocenters. The van der Waals surface area contributed by atoms with Crippen LogP contribution in [0.1, 0.15) is 6.42 Å². The van der Waals surface area contributed by atoms with Gasteiger partial charge in [-0.25, -0.2) is 4.98 Å². The normalized spacial score (nSPS) is 11.5. The van der Waals surface area contributed by atoms with Gasteiger partial charge in [0, 0.05) is 54.9 Å². The number of aromatic nitrogens is 4. The Morgan fingerprint density at radius 1 is 0.971 bits per heavy atom. The Labute approximate surface area is 204 Å².